The minimum atomic E-state index is -0.577. The lowest BCUT2D eigenvalue weighted by Crippen LogP contribution is -2.26. The van der Waals surface area contributed by atoms with E-state index in [-0.39, 0.29) is 0 Å². The van der Waals surface area contributed by atoms with E-state index in [4.69, 9.17) is 0 Å². The lowest BCUT2D eigenvalue weighted by Gasteiger charge is -2.15. The maximum atomic E-state index is 10.0. The number of aliphatic hydroxyl groups is 2. The molecule has 5 heteroatoms. The van der Waals surface area contributed by atoms with Gasteiger partial charge in [0.2, 0.25) is 0 Å². The minimum absolute atomic E-state index is 0.414. The molecule has 0 aliphatic heterocycles. The molecule has 3 nitrogen and oxygen atoms in total. The summed E-state index contributed by atoms with van der Waals surface area (Å²) in [4.78, 5) is 0. The highest BCUT2D eigenvalue weighted by molar-refractivity contribution is 9.10. The molecule has 0 bridgehead atoms. The number of hydrogen-bond donors (Lipinski definition) is 3. The smallest absolute Gasteiger partial charge is 0.0922 e. The first-order valence-corrected chi connectivity index (χ1v) is 7.75. The summed E-state index contributed by atoms with van der Waals surface area (Å²) in [6.07, 6.45) is -1.10. The number of aliphatic hydroxyl groups excluding tert-OH is 2. The summed E-state index contributed by atoms with van der Waals surface area (Å²) >= 11 is 4.94. The molecule has 2 aromatic rings. The molecular formula is C14H16BrNO2S. The highest BCUT2D eigenvalue weighted by Crippen LogP contribution is 2.18. The largest absolute Gasteiger partial charge is 0.387 e. The lowest BCUT2D eigenvalue weighted by atomic mass is 10.1. The number of nitrogens with one attached hydrogen (secondary N) is 1. The van der Waals surface area contributed by atoms with Gasteiger partial charge in [-0.3, -0.25) is 0 Å². The van der Waals surface area contributed by atoms with Gasteiger partial charge in [0, 0.05) is 17.6 Å². The van der Waals surface area contributed by atoms with E-state index >= 15 is 0 Å². The maximum Gasteiger partial charge on any atom is 0.0922 e. The van der Waals surface area contributed by atoms with Gasteiger partial charge in [-0.25, -0.2) is 0 Å². The van der Waals surface area contributed by atoms with Crippen molar-refractivity contribution in [2.45, 2.75) is 12.2 Å². The summed E-state index contributed by atoms with van der Waals surface area (Å²) in [6.45, 7) is 0.847. The van der Waals surface area contributed by atoms with Crippen LogP contribution in [-0.4, -0.2) is 23.3 Å². The SMILES string of the molecule is OC(CNCC(O)c1cccc(Br)c1)c1ccsc1. The second-order valence-electron chi connectivity index (χ2n) is 4.30. The van der Waals surface area contributed by atoms with E-state index in [2.05, 4.69) is 21.2 Å². The molecule has 0 spiro atoms. The third kappa shape index (κ3) is 4.40. The molecule has 0 radical (unpaired) electrons. The van der Waals surface area contributed by atoms with Gasteiger partial charge in [-0.2, -0.15) is 11.3 Å². The molecule has 19 heavy (non-hydrogen) atoms. The maximum absolute atomic E-state index is 10.0. The Labute approximate surface area is 125 Å². The van der Waals surface area contributed by atoms with Crippen molar-refractivity contribution >= 4 is 27.3 Å². The van der Waals surface area contributed by atoms with Crippen LogP contribution >= 0.6 is 27.3 Å². The van der Waals surface area contributed by atoms with Crippen LogP contribution in [0.1, 0.15) is 23.3 Å². The Morgan fingerprint density at radius 1 is 1.11 bits per heavy atom. The van der Waals surface area contributed by atoms with Crippen LogP contribution in [0.4, 0.5) is 0 Å². The number of hydrogen-bond acceptors (Lipinski definition) is 4. The Hall–Kier alpha value is -0.720. The summed E-state index contributed by atoms with van der Waals surface area (Å²) in [7, 11) is 0. The monoisotopic (exact) mass is 341 g/mol. The van der Waals surface area contributed by atoms with E-state index in [1.54, 1.807) is 11.3 Å². The number of benzene rings is 1. The summed E-state index contributed by atoms with van der Waals surface area (Å²) in [5, 5.41) is 26.9. The van der Waals surface area contributed by atoms with Crippen LogP contribution in [0.15, 0.2) is 45.6 Å². The summed E-state index contributed by atoms with van der Waals surface area (Å²) < 4.78 is 0.947. The van der Waals surface area contributed by atoms with Crippen LogP contribution in [0.3, 0.4) is 0 Å². The van der Waals surface area contributed by atoms with E-state index in [1.807, 2.05) is 41.1 Å². The zero-order chi connectivity index (χ0) is 13.7. The molecule has 102 valence electrons. The molecule has 0 amide bonds. The molecule has 0 aliphatic carbocycles. The first-order valence-electron chi connectivity index (χ1n) is 6.01. The molecule has 0 aliphatic rings. The Morgan fingerprint density at radius 2 is 1.84 bits per heavy atom. The van der Waals surface area contributed by atoms with Crippen molar-refractivity contribution in [2.75, 3.05) is 13.1 Å². The van der Waals surface area contributed by atoms with Gasteiger partial charge in [-0.05, 0) is 40.1 Å². The average Bonchev–Trinajstić information content (AvgIpc) is 2.92. The average molecular weight is 342 g/mol. The summed E-state index contributed by atoms with van der Waals surface area (Å²) in [5.74, 6) is 0. The van der Waals surface area contributed by atoms with E-state index < -0.39 is 12.2 Å². The predicted octanol–water partition coefficient (Wildman–Crippen LogP) is 2.87. The molecular weight excluding hydrogens is 326 g/mol. The topological polar surface area (TPSA) is 52.5 Å². The first kappa shape index (κ1) is 14.7. The Balaban J connectivity index is 1.79. The van der Waals surface area contributed by atoms with Crippen molar-refractivity contribution in [1.82, 2.24) is 5.32 Å². The van der Waals surface area contributed by atoms with E-state index in [1.165, 1.54) is 0 Å². The normalized spacial score (nSPS) is 14.3. The van der Waals surface area contributed by atoms with Crippen LogP contribution in [0.25, 0.3) is 0 Å². The first-order chi connectivity index (χ1) is 9.16. The molecule has 0 saturated carbocycles. The van der Waals surface area contributed by atoms with Crippen LogP contribution in [0, 0.1) is 0 Å². The minimum Gasteiger partial charge on any atom is -0.387 e. The van der Waals surface area contributed by atoms with Crippen molar-refractivity contribution in [2.24, 2.45) is 0 Å². The second kappa shape index (κ2) is 7.17. The van der Waals surface area contributed by atoms with Crippen LogP contribution in [0.2, 0.25) is 0 Å². The highest BCUT2D eigenvalue weighted by Gasteiger charge is 2.10. The van der Waals surface area contributed by atoms with Crippen molar-refractivity contribution in [1.29, 1.82) is 0 Å². The zero-order valence-electron chi connectivity index (χ0n) is 10.3. The van der Waals surface area contributed by atoms with Gasteiger partial charge in [0.05, 0.1) is 12.2 Å². The standard InChI is InChI=1S/C14H16BrNO2S/c15-12-3-1-2-10(6-12)13(17)7-16-8-14(18)11-4-5-19-9-11/h1-6,9,13-14,16-18H,7-8H2. The summed E-state index contributed by atoms with van der Waals surface area (Å²) in [6, 6.07) is 9.49. The molecule has 3 N–H and O–H groups in total. The van der Waals surface area contributed by atoms with Crippen LogP contribution < -0.4 is 5.32 Å². The molecule has 1 aromatic heterocycles. The fourth-order valence-electron chi connectivity index (χ4n) is 1.77. The van der Waals surface area contributed by atoms with Crippen LogP contribution in [-0.2, 0) is 0 Å². The van der Waals surface area contributed by atoms with Crippen molar-refractivity contribution < 1.29 is 10.2 Å². The molecule has 0 fully saturated rings. The van der Waals surface area contributed by atoms with Crippen molar-refractivity contribution in [3.63, 3.8) is 0 Å². The quantitative estimate of drug-likeness (QED) is 0.757. The van der Waals surface area contributed by atoms with E-state index in [0.717, 1.165) is 15.6 Å². The molecule has 1 heterocycles. The third-order valence-corrected chi connectivity index (χ3v) is 4.03. The Morgan fingerprint density at radius 3 is 2.47 bits per heavy atom. The molecule has 1 aromatic carbocycles. The second-order valence-corrected chi connectivity index (χ2v) is 6.00. The van der Waals surface area contributed by atoms with Crippen molar-refractivity contribution in [3.05, 3.63) is 56.7 Å². The zero-order valence-corrected chi connectivity index (χ0v) is 12.7. The number of rotatable bonds is 6. The fraction of sp³-hybridized carbons (Fsp3) is 0.286. The van der Waals surface area contributed by atoms with Gasteiger partial charge in [0.25, 0.3) is 0 Å². The lowest BCUT2D eigenvalue weighted by molar-refractivity contribution is 0.147. The van der Waals surface area contributed by atoms with E-state index in [0.29, 0.717) is 13.1 Å². The van der Waals surface area contributed by atoms with Crippen LogP contribution in [0.5, 0.6) is 0 Å². The van der Waals surface area contributed by atoms with Gasteiger partial charge in [0.1, 0.15) is 0 Å². The van der Waals surface area contributed by atoms with Gasteiger partial charge < -0.3 is 15.5 Å². The predicted molar refractivity (Wildman–Crippen MR) is 81.3 cm³/mol. The fourth-order valence-corrected chi connectivity index (χ4v) is 2.89. The Bertz CT molecular complexity index is 504. The van der Waals surface area contributed by atoms with Crippen molar-refractivity contribution in [3.8, 4) is 0 Å². The molecule has 2 atom stereocenters. The number of thiophene rings is 1. The molecule has 2 unspecified atom stereocenters. The third-order valence-electron chi connectivity index (χ3n) is 2.84. The highest BCUT2D eigenvalue weighted by atomic mass is 79.9. The van der Waals surface area contributed by atoms with E-state index in [9.17, 15) is 10.2 Å². The van der Waals surface area contributed by atoms with Gasteiger partial charge >= 0.3 is 0 Å². The molecule has 0 saturated heterocycles. The van der Waals surface area contributed by atoms with Gasteiger partial charge in [-0.1, -0.05) is 28.1 Å². The Kier molecular flexibility index (Phi) is 5.54. The molecule has 2 rings (SSSR count). The number of halogens is 1. The van der Waals surface area contributed by atoms with Gasteiger partial charge in [0.15, 0.2) is 0 Å². The van der Waals surface area contributed by atoms with Gasteiger partial charge in [-0.15, -0.1) is 0 Å². The summed E-state index contributed by atoms with van der Waals surface area (Å²) in [5.41, 5.74) is 1.77.